The second-order valence-electron chi connectivity index (χ2n) is 5.31. The van der Waals surface area contributed by atoms with Crippen molar-refractivity contribution in [1.82, 2.24) is 9.97 Å². The molecule has 4 nitrogen and oxygen atoms in total. The van der Waals surface area contributed by atoms with Crippen molar-refractivity contribution in [2.45, 2.75) is 38.6 Å². The zero-order valence-corrected chi connectivity index (χ0v) is 10.5. The summed E-state index contributed by atoms with van der Waals surface area (Å²) in [5.74, 6) is 3.45. The minimum Gasteiger partial charge on any atom is -0.367 e. The molecule has 0 bridgehead atoms. The van der Waals surface area contributed by atoms with Crippen molar-refractivity contribution in [2.24, 2.45) is 11.8 Å². The molecule has 0 aliphatic heterocycles. The van der Waals surface area contributed by atoms with E-state index >= 15 is 0 Å². The number of rotatable bonds is 5. The fourth-order valence-corrected chi connectivity index (χ4v) is 2.46. The van der Waals surface area contributed by atoms with Gasteiger partial charge in [0.15, 0.2) is 0 Å². The predicted molar refractivity (Wildman–Crippen MR) is 69.2 cm³/mol. The van der Waals surface area contributed by atoms with Crippen LogP contribution in [-0.2, 0) is 0 Å². The highest BCUT2D eigenvalue weighted by atomic mass is 15.1. The van der Waals surface area contributed by atoms with E-state index in [0.717, 1.165) is 23.3 Å². The van der Waals surface area contributed by atoms with Gasteiger partial charge in [-0.15, -0.1) is 0 Å². The summed E-state index contributed by atoms with van der Waals surface area (Å²) in [6.07, 6.45) is 5.54. The van der Waals surface area contributed by atoms with Gasteiger partial charge in [-0.25, -0.2) is 4.98 Å². The molecule has 0 spiro atoms. The van der Waals surface area contributed by atoms with Crippen LogP contribution >= 0.6 is 0 Å². The van der Waals surface area contributed by atoms with E-state index in [0.29, 0.717) is 12.0 Å². The topological polar surface area (TPSA) is 49.8 Å². The molecule has 0 atom stereocenters. The van der Waals surface area contributed by atoms with Gasteiger partial charge < -0.3 is 10.6 Å². The third kappa shape index (κ3) is 2.51. The molecule has 0 saturated heterocycles. The lowest BCUT2D eigenvalue weighted by molar-refractivity contribution is 0.565. The van der Waals surface area contributed by atoms with Crippen LogP contribution < -0.4 is 10.6 Å². The zero-order valence-electron chi connectivity index (χ0n) is 10.5. The van der Waals surface area contributed by atoms with Crippen LogP contribution in [0.3, 0.4) is 0 Å². The highest BCUT2D eigenvalue weighted by Crippen LogP contribution is 2.45. The fourth-order valence-electron chi connectivity index (χ4n) is 2.46. The number of anilines is 2. The molecule has 2 fully saturated rings. The summed E-state index contributed by atoms with van der Waals surface area (Å²) in [6, 6.07) is 2.69. The molecule has 17 heavy (non-hydrogen) atoms. The average Bonchev–Trinajstić information content (AvgIpc) is 3.16. The lowest BCUT2D eigenvalue weighted by atomic mass is 10.1. The molecule has 2 N–H and O–H groups in total. The maximum absolute atomic E-state index is 4.48. The molecule has 92 valence electrons. The van der Waals surface area contributed by atoms with Crippen LogP contribution in [0.25, 0.3) is 0 Å². The number of hydrogen-bond acceptors (Lipinski definition) is 4. The Hall–Kier alpha value is -1.32. The molecule has 0 unspecified atom stereocenters. The van der Waals surface area contributed by atoms with E-state index in [1.807, 2.05) is 20.0 Å². The second-order valence-corrected chi connectivity index (χ2v) is 5.31. The highest BCUT2D eigenvalue weighted by Gasteiger charge is 2.41. The van der Waals surface area contributed by atoms with Crippen molar-refractivity contribution < 1.29 is 0 Å². The summed E-state index contributed by atoms with van der Waals surface area (Å²) < 4.78 is 0. The molecule has 0 aromatic carbocycles. The minimum absolute atomic E-state index is 0.647. The van der Waals surface area contributed by atoms with Crippen LogP contribution in [0.2, 0.25) is 0 Å². The Morgan fingerprint density at radius 2 is 1.82 bits per heavy atom. The molecule has 2 aliphatic carbocycles. The Morgan fingerprint density at radius 1 is 1.18 bits per heavy atom. The highest BCUT2D eigenvalue weighted by molar-refractivity contribution is 5.43. The van der Waals surface area contributed by atoms with Crippen molar-refractivity contribution in [1.29, 1.82) is 0 Å². The molecular formula is C13H20N4. The average molecular weight is 232 g/mol. The molecule has 1 aromatic rings. The standard InChI is InChI=1S/C13H20N4/c1-8-7-11(17-13(14-2)15-8)16-12(9-3-4-9)10-5-6-10/h7,9-10,12H,3-6H2,1-2H3,(H2,14,15,16,17). The third-order valence-corrected chi connectivity index (χ3v) is 3.65. The van der Waals surface area contributed by atoms with Crippen LogP contribution in [0.4, 0.5) is 11.8 Å². The number of hydrogen-bond donors (Lipinski definition) is 2. The smallest absolute Gasteiger partial charge is 0.224 e. The predicted octanol–water partition coefficient (Wildman–Crippen LogP) is 2.43. The molecule has 0 radical (unpaired) electrons. The lowest BCUT2D eigenvalue weighted by Crippen LogP contribution is -2.25. The number of aromatic nitrogens is 2. The summed E-state index contributed by atoms with van der Waals surface area (Å²) in [6.45, 7) is 2.01. The van der Waals surface area contributed by atoms with E-state index in [1.54, 1.807) is 0 Å². The van der Waals surface area contributed by atoms with Gasteiger partial charge in [0, 0.05) is 24.8 Å². The molecule has 4 heteroatoms. The van der Waals surface area contributed by atoms with E-state index in [1.165, 1.54) is 25.7 Å². The van der Waals surface area contributed by atoms with Crippen molar-refractivity contribution in [2.75, 3.05) is 17.7 Å². The SMILES string of the molecule is CNc1nc(C)cc(NC(C2CC2)C2CC2)n1. The van der Waals surface area contributed by atoms with E-state index in [9.17, 15) is 0 Å². The molecule has 1 aromatic heterocycles. The maximum atomic E-state index is 4.48. The van der Waals surface area contributed by atoms with Gasteiger partial charge in [-0.2, -0.15) is 4.98 Å². The first-order valence-corrected chi connectivity index (χ1v) is 6.56. The first-order valence-electron chi connectivity index (χ1n) is 6.56. The van der Waals surface area contributed by atoms with Gasteiger partial charge in [0.2, 0.25) is 5.95 Å². The van der Waals surface area contributed by atoms with Crippen LogP contribution in [0, 0.1) is 18.8 Å². The van der Waals surface area contributed by atoms with Crippen molar-refractivity contribution in [3.05, 3.63) is 11.8 Å². The van der Waals surface area contributed by atoms with Crippen LogP contribution in [0.1, 0.15) is 31.4 Å². The molecule has 2 saturated carbocycles. The van der Waals surface area contributed by atoms with E-state index in [2.05, 4.69) is 20.6 Å². The van der Waals surface area contributed by atoms with Crippen molar-refractivity contribution in [3.8, 4) is 0 Å². The zero-order chi connectivity index (χ0) is 11.8. The van der Waals surface area contributed by atoms with Crippen molar-refractivity contribution >= 4 is 11.8 Å². The molecule has 1 heterocycles. The monoisotopic (exact) mass is 232 g/mol. The lowest BCUT2D eigenvalue weighted by Gasteiger charge is -2.18. The summed E-state index contributed by atoms with van der Waals surface area (Å²) >= 11 is 0. The summed E-state index contributed by atoms with van der Waals surface area (Å²) in [7, 11) is 1.86. The van der Waals surface area contributed by atoms with E-state index in [-0.39, 0.29) is 0 Å². The van der Waals surface area contributed by atoms with Gasteiger partial charge >= 0.3 is 0 Å². The van der Waals surface area contributed by atoms with Crippen LogP contribution in [0.15, 0.2) is 6.07 Å². The van der Waals surface area contributed by atoms with Gasteiger partial charge in [-0.3, -0.25) is 0 Å². The summed E-state index contributed by atoms with van der Waals surface area (Å²) in [5.41, 5.74) is 1.01. The number of nitrogens with zero attached hydrogens (tertiary/aromatic N) is 2. The second kappa shape index (κ2) is 4.17. The van der Waals surface area contributed by atoms with Gasteiger partial charge in [-0.1, -0.05) is 0 Å². The molecule has 0 amide bonds. The molecule has 2 aliphatic rings. The Bertz CT molecular complexity index is 398. The fraction of sp³-hybridized carbons (Fsp3) is 0.692. The number of aryl methyl sites for hydroxylation is 1. The summed E-state index contributed by atoms with van der Waals surface area (Å²) in [5, 5.41) is 6.64. The molecular weight excluding hydrogens is 212 g/mol. The maximum Gasteiger partial charge on any atom is 0.224 e. The van der Waals surface area contributed by atoms with E-state index < -0.39 is 0 Å². The third-order valence-electron chi connectivity index (χ3n) is 3.65. The summed E-state index contributed by atoms with van der Waals surface area (Å²) in [4.78, 5) is 8.80. The van der Waals surface area contributed by atoms with Crippen LogP contribution in [-0.4, -0.2) is 23.1 Å². The Morgan fingerprint density at radius 3 is 2.35 bits per heavy atom. The first-order chi connectivity index (χ1) is 8.26. The van der Waals surface area contributed by atoms with E-state index in [4.69, 9.17) is 0 Å². The van der Waals surface area contributed by atoms with Gasteiger partial charge in [0.25, 0.3) is 0 Å². The quantitative estimate of drug-likeness (QED) is 0.818. The normalized spacial score (nSPS) is 19.5. The van der Waals surface area contributed by atoms with Gasteiger partial charge in [0.05, 0.1) is 0 Å². The van der Waals surface area contributed by atoms with Gasteiger partial charge in [-0.05, 0) is 44.4 Å². The first kappa shape index (κ1) is 10.8. The Balaban J connectivity index is 1.76. The van der Waals surface area contributed by atoms with Crippen molar-refractivity contribution in [3.63, 3.8) is 0 Å². The Kier molecular flexibility index (Phi) is 2.65. The van der Waals surface area contributed by atoms with Gasteiger partial charge in [0.1, 0.15) is 5.82 Å². The minimum atomic E-state index is 0.647. The van der Waals surface area contributed by atoms with Crippen LogP contribution in [0.5, 0.6) is 0 Å². The largest absolute Gasteiger partial charge is 0.367 e. The Labute approximate surface area is 102 Å². The molecule has 3 rings (SSSR count). The number of nitrogens with one attached hydrogen (secondary N) is 2.